The molecule has 5 nitrogen and oxygen atoms in total. The number of rotatable bonds is 5. The van der Waals surface area contributed by atoms with Crippen molar-refractivity contribution < 1.29 is 9.59 Å². The van der Waals surface area contributed by atoms with Crippen LogP contribution in [-0.2, 0) is 17.6 Å². The summed E-state index contributed by atoms with van der Waals surface area (Å²) in [7, 11) is 0. The van der Waals surface area contributed by atoms with Crippen molar-refractivity contribution in [3.63, 3.8) is 0 Å². The molecule has 2 aromatic rings. The fourth-order valence-corrected chi connectivity index (χ4v) is 4.18. The van der Waals surface area contributed by atoms with Crippen LogP contribution < -0.4 is 15.1 Å². The number of hydrogen-bond donors (Lipinski definition) is 1. The van der Waals surface area contributed by atoms with Crippen molar-refractivity contribution in [3.05, 3.63) is 52.6 Å². The maximum absolute atomic E-state index is 12.8. The van der Waals surface area contributed by atoms with Gasteiger partial charge in [-0.25, -0.2) is 0 Å². The van der Waals surface area contributed by atoms with E-state index in [1.807, 2.05) is 30.0 Å². The predicted molar refractivity (Wildman–Crippen MR) is 109 cm³/mol. The van der Waals surface area contributed by atoms with Gasteiger partial charge < -0.3 is 15.1 Å². The number of benzene rings is 2. The number of nitrogens with one attached hydrogen (secondary N) is 1. The van der Waals surface area contributed by atoms with E-state index in [0.29, 0.717) is 12.0 Å². The maximum Gasteiger partial charge on any atom is 0.255 e. The second-order valence-electron chi connectivity index (χ2n) is 7.24. The molecule has 0 fully saturated rings. The SMILES string of the molecule is CCN(CC)c1ccc(NC(=O)c2cc3c4c(c2)CC(=O)N4CC3)c(C)c1. The molecule has 0 saturated heterocycles. The van der Waals surface area contributed by atoms with Gasteiger partial charge in [0.05, 0.1) is 12.1 Å². The van der Waals surface area contributed by atoms with Crippen molar-refractivity contribution in [2.75, 3.05) is 34.8 Å². The molecule has 27 heavy (non-hydrogen) atoms. The molecule has 140 valence electrons. The third-order valence-corrected chi connectivity index (χ3v) is 5.63. The van der Waals surface area contributed by atoms with E-state index in [9.17, 15) is 9.59 Å². The summed E-state index contributed by atoms with van der Waals surface area (Å²) in [5.41, 5.74) is 6.79. The number of carbonyl (C=O) groups is 2. The zero-order valence-corrected chi connectivity index (χ0v) is 16.1. The van der Waals surface area contributed by atoms with Crippen molar-refractivity contribution in [3.8, 4) is 0 Å². The second-order valence-corrected chi connectivity index (χ2v) is 7.24. The van der Waals surface area contributed by atoms with E-state index in [1.54, 1.807) is 0 Å². The topological polar surface area (TPSA) is 52.7 Å². The van der Waals surface area contributed by atoms with Crippen molar-refractivity contribution in [1.82, 2.24) is 0 Å². The van der Waals surface area contributed by atoms with Crippen molar-refractivity contribution >= 4 is 28.9 Å². The Morgan fingerprint density at radius 3 is 2.59 bits per heavy atom. The Morgan fingerprint density at radius 2 is 1.89 bits per heavy atom. The minimum Gasteiger partial charge on any atom is -0.372 e. The van der Waals surface area contributed by atoms with Crippen LogP contribution in [0, 0.1) is 6.92 Å². The van der Waals surface area contributed by atoms with Gasteiger partial charge in [0.25, 0.3) is 5.91 Å². The van der Waals surface area contributed by atoms with Crippen LogP contribution in [0.3, 0.4) is 0 Å². The van der Waals surface area contributed by atoms with Crippen molar-refractivity contribution in [2.24, 2.45) is 0 Å². The Hall–Kier alpha value is -2.82. The zero-order chi connectivity index (χ0) is 19.1. The van der Waals surface area contributed by atoms with Crippen LogP contribution >= 0.6 is 0 Å². The smallest absolute Gasteiger partial charge is 0.255 e. The van der Waals surface area contributed by atoms with E-state index in [0.717, 1.165) is 54.1 Å². The summed E-state index contributed by atoms with van der Waals surface area (Å²) in [6.07, 6.45) is 1.23. The summed E-state index contributed by atoms with van der Waals surface area (Å²) >= 11 is 0. The highest BCUT2D eigenvalue weighted by Crippen LogP contribution is 2.38. The molecule has 0 saturated carbocycles. The summed E-state index contributed by atoms with van der Waals surface area (Å²) in [5, 5.41) is 3.04. The molecular formula is C22H25N3O2. The third kappa shape index (κ3) is 2.97. The van der Waals surface area contributed by atoms with Gasteiger partial charge in [0.15, 0.2) is 0 Å². The van der Waals surface area contributed by atoms with Crippen molar-refractivity contribution in [2.45, 2.75) is 33.6 Å². The van der Waals surface area contributed by atoms with Crippen molar-refractivity contribution in [1.29, 1.82) is 0 Å². The van der Waals surface area contributed by atoms with E-state index in [1.165, 1.54) is 5.69 Å². The Balaban J connectivity index is 1.57. The Labute approximate surface area is 160 Å². The second kappa shape index (κ2) is 6.72. The van der Waals surface area contributed by atoms with Gasteiger partial charge in [-0.2, -0.15) is 0 Å². The maximum atomic E-state index is 12.8. The summed E-state index contributed by atoms with van der Waals surface area (Å²) in [5.74, 6) is 0.0229. The lowest BCUT2D eigenvalue weighted by molar-refractivity contribution is -0.117. The van der Waals surface area contributed by atoms with E-state index < -0.39 is 0 Å². The molecule has 0 aromatic heterocycles. The minimum atomic E-state index is -0.120. The Morgan fingerprint density at radius 1 is 1.15 bits per heavy atom. The summed E-state index contributed by atoms with van der Waals surface area (Å²) < 4.78 is 0. The summed E-state index contributed by atoms with van der Waals surface area (Å²) in [6, 6.07) is 9.94. The molecule has 1 N–H and O–H groups in total. The van der Waals surface area contributed by atoms with E-state index in [4.69, 9.17) is 0 Å². The molecule has 0 bridgehead atoms. The fourth-order valence-electron chi connectivity index (χ4n) is 4.18. The average molecular weight is 363 g/mol. The first-order valence-electron chi connectivity index (χ1n) is 9.65. The number of anilines is 3. The lowest BCUT2D eigenvalue weighted by Crippen LogP contribution is -2.24. The van der Waals surface area contributed by atoms with Crippen LogP contribution in [0.5, 0.6) is 0 Å². The lowest BCUT2D eigenvalue weighted by Gasteiger charge is -2.22. The molecule has 2 aliphatic heterocycles. The number of aryl methyl sites for hydroxylation is 1. The number of hydrogen-bond acceptors (Lipinski definition) is 3. The number of carbonyl (C=O) groups excluding carboxylic acids is 2. The summed E-state index contributed by atoms with van der Waals surface area (Å²) in [6.45, 7) is 8.93. The monoisotopic (exact) mass is 363 g/mol. The fraction of sp³-hybridized carbons (Fsp3) is 0.364. The number of nitrogens with zero attached hydrogens (tertiary/aromatic N) is 2. The molecule has 0 aliphatic carbocycles. The third-order valence-electron chi connectivity index (χ3n) is 5.63. The van der Waals surface area contributed by atoms with Gasteiger partial charge in [0, 0.05) is 36.6 Å². The van der Waals surface area contributed by atoms with Gasteiger partial charge in [-0.05, 0) is 74.2 Å². The van der Waals surface area contributed by atoms with Gasteiger partial charge in [-0.1, -0.05) is 0 Å². The molecule has 0 radical (unpaired) electrons. The summed E-state index contributed by atoms with van der Waals surface area (Å²) in [4.78, 5) is 29.0. The molecule has 2 aromatic carbocycles. The van der Waals surface area contributed by atoms with Crippen LogP contribution in [-0.4, -0.2) is 31.4 Å². The van der Waals surface area contributed by atoms with Gasteiger partial charge in [-0.15, -0.1) is 0 Å². The molecule has 0 spiro atoms. The van der Waals surface area contributed by atoms with Gasteiger partial charge in [0.2, 0.25) is 5.91 Å². The average Bonchev–Trinajstić information content (AvgIpc) is 3.22. The molecule has 0 unspecified atom stereocenters. The van der Waals surface area contributed by atoms with E-state index in [-0.39, 0.29) is 11.8 Å². The molecule has 2 amide bonds. The standard InChI is InChI=1S/C22H25N3O2/c1-4-24(5-2)18-6-7-19(14(3)10-18)23-22(27)17-11-15-8-9-25-20(26)13-16(12-17)21(15)25/h6-7,10-12H,4-5,8-9,13H2,1-3H3,(H,23,27). The Kier molecular flexibility index (Phi) is 4.38. The highest BCUT2D eigenvalue weighted by molar-refractivity contribution is 6.08. The molecule has 5 heteroatoms. The molecule has 2 aliphatic rings. The van der Waals surface area contributed by atoms with Crippen LogP contribution in [0.2, 0.25) is 0 Å². The van der Waals surface area contributed by atoms with E-state index in [2.05, 4.69) is 36.2 Å². The number of amides is 2. The largest absolute Gasteiger partial charge is 0.372 e. The quantitative estimate of drug-likeness (QED) is 0.884. The lowest BCUT2D eigenvalue weighted by atomic mass is 10.0. The highest BCUT2D eigenvalue weighted by Gasteiger charge is 2.34. The van der Waals surface area contributed by atoms with Crippen LogP contribution in [0.25, 0.3) is 0 Å². The molecule has 4 rings (SSSR count). The minimum absolute atomic E-state index is 0.120. The van der Waals surface area contributed by atoms with E-state index >= 15 is 0 Å². The van der Waals surface area contributed by atoms with Gasteiger partial charge in [-0.3, -0.25) is 9.59 Å². The predicted octanol–water partition coefficient (Wildman–Crippen LogP) is 3.54. The van der Waals surface area contributed by atoms with Crippen LogP contribution in [0.1, 0.15) is 40.9 Å². The van der Waals surface area contributed by atoms with Crippen LogP contribution in [0.4, 0.5) is 17.1 Å². The molecule has 0 atom stereocenters. The molecular weight excluding hydrogens is 338 g/mol. The first-order chi connectivity index (χ1) is 13.0. The highest BCUT2D eigenvalue weighted by atomic mass is 16.2. The first kappa shape index (κ1) is 17.6. The molecule has 2 heterocycles. The Bertz CT molecular complexity index is 931. The van der Waals surface area contributed by atoms with Gasteiger partial charge in [0.1, 0.15) is 0 Å². The normalized spacial score (nSPS) is 14.5. The zero-order valence-electron chi connectivity index (χ0n) is 16.1. The first-order valence-corrected chi connectivity index (χ1v) is 9.65. The van der Waals surface area contributed by atoms with Crippen LogP contribution in [0.15, 0.2) is 30.3 Å². The van der Waals surface area contributed by atoms with Gasteiger partial charge >= 0.3 is 0 Å².